The zero-order valence-corrected chi connectivity index (χ0v) is 12.5. The van der Waals surface area contributed by atoms with Crippen LogP contribution in [-0.4, -0.2) is 18.0 Å². The summed E-state index contributed by atoms with van der Waals surface area (Å²) in [5, 5.41) is 3.12. The Balaban J connectivity index is 1.87. The van der Waals surface area contributed by atoms with E-state index in [9.17, 15) is 9.59 Å². The zero-order chi connectivity index (χ0) is 15.9. The van der Waals surface area contributed by atoms with E-state index in [1.54, 1.807) is 36.4 Å². The molecule has 1 heterocycles. The summed E-state index contributed by atoms with van der Waals surface area (Å²) in [6.07, 6.45) is 3.21. The topological polar surface area (TPSA) is 68.5 Å². The van der Waals surface area contributed by atoms with Gasteiger partial charge in [-0.15, -0.1) is 0 Å². The Labute approximate surface area is 132 Å². The molecule has 1 amide bonds. The molecule has 0 radical (unpaired) electrons. The normalized spacial score (nSPS) is 12.1. The number of amides is 1. The third kappa shape index (κ3) is 4.79. The van der Waals surface area contributed by atoms with Crippen molar-refractivity contribution in [2.75, 3.05) is 5.32 Å². The molecule has 0 aliphatic heterocycles. The fourth-order valence-corrected chi connectivity index (χ4v) is 1.80. The van der Waals surface area contributed by atoms with Gasteiger partial charge in [0.25, 0.3) is 5.91 Å². The lowest BCUT2D eigenvalue weighted by Gasteiger charge is -2.12. The second kappa shape index (κ2) is 7.47. The van der Waals surface area contributed by atoms with Gasteiger partial charge in [0, 0.05) is 16.8 Å². The van der Waals surface area contributed by atoms with Gasteiger partial charge in [-0.25, -0.2) is 4.79 Å². The van der Waals surface area contributed by atoms with E-state index in [4.69, 9.17) is 20.8 Å². The molecule has 1 aromatic heterocycles. The molecule has 1 atom stereocenters. The monoisotopic (exact) mass is 319 g/mol. The van der Waals surface area contributed by atoms with Crippen molar-refractivity contribution in [2.24, 2.45) is 0 Å². The van der Waals surface area contributed by atoms with Crippen molar-refractivity contribution < 1.29 is 18.7 Å². The highest BCUT2D eigenvalue weighted by atomic mass is 35.5. The summed E-state index contributed by atoms with van der Waals surface area (Å²) in [5.41, 5.74) is 0.534. The smallest absolute Gasteiger partial charge is 0.331 e. The van der Waals surface area contributed by atoms with Crippen LogP contribution in [0.4, 0.5) is 5.69 Å². The van der Waals surface area contributed by atoms with Crippen molar-refractivity contribution in [2.45, 2.75) is 13.0 Å². The fraction of sp³-hybridized carbons (Fsp3) is 0.125. The number of ether oxygens (including phenoxy) is 1. The second-order valence-electron chi connectivity index (χ2n) is 4.43. The lowest BCUT2D eigenvalue weighted by Crippen LogP contribution is -2.29. The molecule has 22 heavy (non-hydrogen) atoms. The Morgan fingerprint density at radius 2 is 2.14 bits per heavy atom. The van der Waals surface area contributed by atoms with Crippen molar-refractivity contribution in [3.05, 3.63) is 59.5 Å². The number of halogens is 1. The molecule has 1 N–H and O–H groups in total. The van der Waals surface area contributed by atoms with Crippen LogP contribution in [0.25, 0.3) is 6.08 Å². The minimum Gasteiger partial charge on any atom is -0.465 e. The van der Waals surface area contributed by atoms with Crippen molar-refractivity contribution in [3.8, 4) is 0 Å². The van der Waals surface area contributed by atoms with Crippen LogP contribution in [0.15, 0.2) is 53.2 Å². The first-order valence-corrected chi connectivity index (χ1v) is 6.91. The van der Waals surface area contributed by atoms with E-state index in [1.165, 1.54) is 25.3 Å². The van der Waals surface area contributed by atoms with Crippen LogP contribution in [0, 0.1) is 0 Å². The number of hydrogen-bond acceptors (Lipinski definition) is 4. The molecule has 1 aromatic carbocycles. The molecule has 1 unspecified atom stereocenters. The van der Waals surface area contributed by atoms with Crippen LogP contribution in [0.5, 0.6) is 0 Å². The maximum absolute atomic E-state index is 11.9. The molecule has 2 aromatic rings. The molecular weight excluding hydrogens is 306 g/mol. The van der Waals surface area contributed by atoms with Crippen molar-refractivity contribution in [1.29, 1.82) is 0 Å². The summed E-state index contributed by atoms with van der Waals surface area (Å²) in [7, 11) is 0. The van der Waals surface area contributed by atoms with Crippen LogP contribution < -0.4 is 5.32 Å². The minimum atomic E-state index is -0.937. The summed E-state index contributed by atoms with van der Waals surface area (Å²) in [6.45, 7) is 1.48. The van der Waals surface area contributed by atoms with E-state index in [-0.39, 0.29) is 0 Å². The molecule has 2 rings (SSSR count). The van der Waals surface area contributed by atoms with Gasteiger partial charge in [-0.05, 0) is 43.3 Å². The number of nitrogens with one attached hydrogen (secondary N) is 1. The molecular formula is C16H14ClNO4. The number of furan rings is 1. The van der Waals surface area contributed by atoms with Gasteiger partial charge in [0.2, 0.25) is 0 Å². The summed E-state index contributed by atoms with van der Waals surface area (Å²) >= 11 is 5.83. The van der Waals surface area contributed by atoms with E-state index >= 15 is 0 Å². The second-order valence-corrected chi connectivity index (χ2v) is 4.86. The summed E-state index contributed by atoms with van der Waals surface area (Å²) < 4.78 is 10.0. The van der Waals surface area contributed by atoms with Gasteiger partial charge < -0.3 is 14.5 Å². The molecule has 6 heteroatoms. The number of carbonyl (C=O) groups is 2. The van der Waals surface area contributed by atoms with Crippen LogP contribution in [0.3, 0.4) is 0 Å². The maximum Gasteiger partial charge on any atom is 0.331 e. The van der Waals surface area contributed by atoms with Gasteiger partial charge in [0.05, 0.1) is 6.26 Å². The molecule has 0 aliphatic rings. The van der Waals surface area contributed by atoms with Crippen LogP contribution >= 0.6 is 11.6 Å². The Kier molecular flexibility index (Phi) is 5.38. The van der Waals surface area contributed by atoms with Gasteiger partial charge in [-0.3, -0.25) is 4.79 Å². The first-order chi connectivity index (χ1) is 10.5. The highest BCUT2D eigenvalue weighted by Crippen LogP contribution is 2.15. The van der Waals surface area contributed by atoms with Gasteiger partial charge in [0.15, 0.2) is 6.10 Å². The molecule has 0 fully saturated rings. The van der Waals surface area contributed by atoms with Crippen LogP contribution in [0.1, 0.15) is 12.7 Å². The molecule has 0 bridgehead atoms. The van der Waals surface area contributed by atoms with Crippen molar-refractivity contribution in [3.63, 3.8) is 0 Å². The zero-order valence-electron chi connectivity index (χ0n) is 11.8. The Bertz CT molecular complexity index is 679. The van der Waals surface area contributed by atoms with E-state index in [2.05, 4.69) is 5.32 Å². The van der Waals surface area contributed by atoms with E-state index < -0.39 is 18.0 Å². The third-order valence-electron chi connectivity index (χ3n) is 2.68. The predicted octanol–water partition coefficient (Wildman–Crippen LogP) is 3.52. The number of anilines is 1. The van der Waals surface area contributed by atoms with Crippen LogP contribution in [0.2, 0.25) is 5.02 Å². The lowest BCUT2D eigenvalue weighted by atomic mass is 10.3. The first-order valence-electron chi connectivity index (χ1n) is 6.53. The number of benzene rings is 1. The molecule has 0 spiro atoms. The average molecular weight is 320 g/mol. The van der Waals surface area contributed by atoms with Crippen molar-refractivity contribution >= 4 is 35.2 Å². The Morgan fingerprint density at radius 1 is 1.32 bits per heavy atom. The summed E-state index contributed by atoms with van der Waals surface area (Å²) in [5.74, 6) is -0.555. The number of carbonyl (C=O) groups excluding carboxylic acids is 2. The van der Waals surface area contributed by atoms with E-state index in [1.807, 2.05) is 0 Å². The molecule has 0 saturated carbocycles. The highest BCUT2D eigenvalue weighted by molar-refractivity contribution is 6.30. The Hall–Kier alpha value is -2.53. The minimum absolute atomic E-state index is 0.443. The fourth-order valence-electron chi connectivity index (χ4n) is 1.61. The number of hydrogen-bond donors (Lipinski definition) is 1. The number of rotatable bonds is 5. The van der Waals surface area contributed by atoms with Gasteiger partial charge >= 0.3 is 5.97 Å². The maximum atomic E-state index is 11.9. The average Bonchev–Trinajstić information content (AvgIpc) is 2.98. The van der Waals surface area contributed by atoms with E-state index in [0.29, 0.717) is 16.5 Å². The van der Waals surface area contributed by atoms with Crippen molar-refractivity contribution in [1.82, 2.24) is 0 Å². The lowest BCUT2D eigenvalue weighted by molar-refractivity contribution is -0.148. The quantitative estimate of drug-likeness (QED) is 0.676. The largest absolute Gasteiger partial charge is 0.465 e. The standard InChI is InChI=1S/C16H14ClNO4/c1-11(16(20)18-13-5-2-4-12(17)10-13)22-15(19)8-7-14-6-3-9-21-14/h2-11H,1H3,(H,18,20)/b8-7+. The van der Waals surface area contributed by atoms with Gasteiger partial charge in [-0.2, -0.15) is 0 Å². The third-order valence-corrected chi connectivity index (χ3v) is 2.92. The SMILES string of the molecule is CC(OC(=O)/C=C/c1ccco1)C(=O)Nc1cccc(Cl)c1. The molecule has 114 valence electrons. The summed E-state index contributed by atoms with van der Waals surface area (Å²) in [4.78, 5) is 23.5. The molecule has 0 saturated heterocycles. The molecule has 5 nitrogen and oxygen atoms in total. The van der Waals surface area contributed by atoms with Crippen LogP contribution in [-0.2, 0) is 14.3 Å². The number of esters is 1. The molecule has 0 aliphatic carbocycles. The highest BCUT2D eigenvalue weighted by Gasteiger charge is 2.16. The van der Waals surface area contributed by atoms with E-state index in [0.717, 1.165) is 0 Å². The summed E-state index contributed by atoms with van der Waals surface area (Å²) in [6, 6.07) is 10.1. The van der Waals surface area contributed by atoms with Gasteiger partial charge in [-0.1, -0.05) is 17.7 Å². The first kappa shape index (κ1) is 15.9. The van der Waals surface area contributed by atoms with Gasteiger partial charge in [0.1, 0.15) is 5.76 Å². The Morgan fingerprint density at radius 3 is 2.82 bits per heavy atom. The predicted molar refractivity (Wildman–Crippen MR) is 83.4 cm³/mol.